The molecule has 0 N–H and O–H groups in total. The number of Topliss-reactive ketones (excluding diaryl/α,β-unsaturated/α-hetero) is 2. The molecule has 0 aromatic heterocycles. The fourth-order valence-electron chi connectivity index (χ4n) is 2.07. The first-order chi connectivity index (χ1) is 6.96. The molecule has 0 spiro atoms. The van der Waals surface area contributed by atoms with Crippen LogP contribution in [0, 0.1) is 11.3 Å². The van der Waals surface area contributed by atoms with Crippen LogP contribution in [0.5, 0.6) is 0 Å². The van der Waals surface area contributed by atoms with Gasteiger partial charge in [-0.15, -0.1) is 0 Å². The van der Waals surface area contributed by atoms with Crippen molar-refractivity contribution in [3.05, 3.63) is 12.2 Å². The van der Waals surface area contributed by atoms with Gasteiger partial charge in [-0.1, -0.05) is 18.6 Å². The molecule has 15 heavy (non-hydrogen) atoms. The minimum Gasteiger partial charge on any atom is -0.300 e. The quantitative estimate of drug-likeness (QED) is 0.654. The highest BCUT2D eigenvalue weighted by Crippen LogP contribution is 2.31. The molecule has 0 aliphatic heterocycles. The first-order valence-electron chi connectivity index (χ1n) is 5.65. The van der Waals surface area contributed by atoms with Gasteiger partial charge in [0.25, 0.3) is 0 Å². The second kappa shape index (κ2) is 4.73. The van der Waals surface area contributed by atoms with Gasteiger partial charge in [-0.2, -0.15) is 0 Å². The van der Waals surface area contributed by atoms with E-state index in [1.165, 1.54) is 0 Å². The number of hydrogen-bond acceptors (Lipinski definition) is 2. The maximum absolute atomic E-state index is 11.5. The molecule has 0 fully saturated rings. The van der Waals surface area contributed by atoms with Gasteiger partial charge in [-0.25, -0.2) is 0 Å². The lowest BCUT2D eigenvalue weighted by atomic mass is 9.77. The maximum atomic E-state index is 11.5. The van der Waals surface area contributed by atoms with E-state index in [0.717, 1.165) is 25.7 Å². The van der Waals surface area contributed by atoms with Gasteiger partial charge in [0.2, 0.25) is 0 Å². The molecular formula is C13H20O2. The number of carbonyl (C=O) groups excluding carboxylic acids is 2. The molecule has 0 aromatic carbocycles. The summed E-state index contributed by atoms with van der Waals surface area (Å²) in [5.74, 6) is 0.656. The molecule has 2 heteroatoms. The number of carbonyl (C=O) groups is 2. The summed E-state index contributed by atoms with van der Waals surface area (Å²) < 4.78 is 0. The molecule has 1 aliphatic carbocycles. The first kappa shape index (κ1) is 12.2. The average molecular weight is 208 g/mol. The van der Waals surface area contributed by atoms with Crippen LogP contribution in [0.1, 0.15) is 46.5 Å². The number of rotatable bonds is 2. The monoisotopic (exact) mass is 208 g/mol. The fraction of sp³-hybridized carbons (Fsp3) is 0.692. The molecule has 0 aromatic rings. The highest BCUT2D eigenvalue weighted by molar-refractivity contribution is 5.84. The Bertz CT molecular complexity index is 291. The molecule has 2 atom stereocenters. The van der Waals surface area contributed by atoms with Gasteiger partial charge >= 0.3 is 0 Å². The van der Waals surface area contributed by atoms with Crippen molar-refractivity contribution in [3.8, 4) is 0 Å². The second-order valence-electron chi connectivity index (χ2n) is 4.81. The van der Waals surface area contributed by atoms with Crippen LogP contribution < -0.4 is 0 Å². The number of hydrogen-bond donors (Lipinski definition) is 0. The van der Waals surface area contributed by atoms with Crippen molar-refractivity contribution in [2.45, 2.75) is 46.5 Å². The molecule has 2 unspecified atom stereocenters. The molecule has 1 aliphatic rings. The molecule has 2 nitrogen and oxygen atoms in total. The Hall–Kier alpha value is -0.920. The van der Waals surface area contributed by atoms with Crippen LogP contribution in [0.2, 0.25) is 0 Å². The van der Waals surface area contributed by atoms with Gasteiger partial charge in [0.15, 0.2) is 0 Å². The van der Waals surface area contributed by atoms with Crippen LogP contribution >= 0.6 is 0 Å². The predicted molar refractivity (Wildman–Crippen MR) is 60.6 cm³/mol. The van der Waals surface area contributed by atoms with Gasteiger partial charge < -0.3 is 0 Å². The molecule has 0 amide bonds. The van der Waals surface area contributed by atoms with Gasteiger partial charge in [0.05, 0.1) is 0 Å². The first-order valence-corrected chi connectivity index (χ1v) is 5.65. The van der Waals surface area contributed by atoms with Crippen LogP contribution in [0.15, 0.2) is 12.2 Å². The van der Waals surface area contributed by atoms with Crippen molar-refractivity contribution in [1.29, 1.82) is 0 Å². The van der Waals surface area contributed by atoms with E-state index in [-0.39, 0.29) is 22.9 Å². The lowest BCUT2D eigenvalue weighted by molar-refractivity contribution is -0.123. The van der Waals surface area contributed by atoms with E-state index < -0.39 is 0 Å². The van der Waals surface area contributed by atoms with Gasteiger partial charge in [0, 0.05) is 11.3 Å². The Kier molecular flexibility index (Phi) is 3.83. The smallest absolute Gasteiger partial charge is 0.139 e. The Morgan fingerprint density at radius 2 is 2.00 bits per heavy atom. The number of ketones is 2. The third-order valence-electron chi connectivity index (χ3n) is 3.53. The minimum absolute atomic E-state index is 0.165. The molecule has 84 valence electrons. The Labute approximate surface area is 91.7 Å². The normalized spacial score (nSPS) is 33.9. The maximum Gasteiger partial charge on any atom is 0.139 e. The van der Waals surface area contributed by atoms with Gasteiger partial charge in [-0.05, 0) is 40.0 Å². The van der Waals surface area contributed by atoms with E-state index >= 15 is 0 Å². The molecule has 1 rings (SSSR count). The topological polar surface area (TPSA) is 34.1 Å². The van der Waals surface area contributed by atoms with E-state index in [1.54, 1.807) is 13.8 Å². The predicted octanol–water partition coefficient (Wildman–Crippen LogP) is 2.92. The lowest BCUT2D eigenvalue weighted by Crippen LogP contribution is -2.25. The summed E-state index contributed by atoms with van der Waals surface area (Å²) >= 11 is 0. The molecule has 0 saturated carbocycles. The van der Waals surface area contributed by atoms with Crippen LogP contribution in [-0.4, -0.2) is 11.6 Å². The fourth-order valence-corrected chi connectivity index (χ4v) is 2.07. The summed E-state index contributed by atoms with van der Waals surface area (Å²) in [5.41, 5.74) is -0.304. The summed E-state index contributed by atoms with van der Waals surface area (Å²) in [6, 6.07) is 0. The zero-order valence-corrected chi connectivity index (χ0v) is 9.88. The molecular weight excluding hydrogens is 188 g/mol. The van der Waals surface area contributed by atoms with E-state index in [0.29, 0.717) is 0 Å². The van der Waals surface area contributed by atoms with Crippen molar-refractivity contribution >= 4 is 11.6 Å². The zero-order chi connectivity index (χ0) is 11.5. The van der Waals surface area contributed by atoms with Crippen molar-refractivity contribution < 1.29 is 9.59 Å². The highest BCUT2D eigenvalue weighted by atomic mass is 16.1. The van der Waals surface area contributed by atoms with E-state index in [4.69, 9.17) is 0 Å². The zero-order valence-electron chi connectivity index (χ0n) is 9.88. The summed E-state index contributed by atoms with van der Waals surface area (Å²) in [4.78, 5) is 22.7. The molecule has 0 heterocycles. The standard InChI is InChI=1S/C13H20O2/c1-10(14)12-6-4-8-13(3,11(2)15)9-5-7-12/h4,8,12H,5-7,9H2,1-3H3/b8-4+. The second-order valence-corrected chi connectivity index (χ2v) is 4.81. The summed E-state index contributed by atoms with van der Waals surface area (Å²) in [5, 5.41) is 0. The molecule has 0 bridgehead atoms. The van der Waals surface area contributed by atoms with Crippen LogP contribution in [-0.2, 0) is 9.59 Å². The Morgan fingerprint density at radius 3 is 2.53 bits per heavy atom. The van der Waals surface area contributed by atoms with Gasteiger partial charge in [0.1, 0.15) is 11.6 Å². The van der Waals surface area contributed by atoms with Crippen molar-refractivity contribution in [2.75, 3.05) is 0 Å². The average Bonchev–Trinajstić information content (AvgIpc) is 2.10. The number of allylic oxidation sites excluding steroid dienone is 2. The van der Waals surface area contributed by atoms with Crippen molar-refractivity contribution in [1.82, 2.24) is 0 Å². The Balaban J connectivity index is 2.74. The molecule has 0 radical (unpaired) electrons. The summed E-state index contributed by atoms with van der Waals surface area (Å²) in [7, 11) is 0. The summed E-state index contributed by atoms with van der Waals surface area (Å²) in [6.07, 6.45) is 7.53. The third-order valence-corrected chi connectivity index (χ3v) is 3.53. The summed E-state index contributed by atoms with van der Waals surface area (Å²) in [6.45, 7) is 5.29. The van der Waals surface area contributed by atoms with E-state index in [9.17, 15) is 9.59 Å². The van der Waals surface area contributed by atoms with Gasteiger partial charge in [-0.3, -0.25) is 9.59 Å². The van der Waals surface area contributed by atoms with E-state index in [2.05, 4.69) is 0 Å². The van der Waals surface area contributed by atoms with Crippen LogP contribution in [0.3, 0.4) is 0 Å². The minimum atomic E-state index is -0.304. The molecule has 0 saturated heterocycles. The van der Waals surface area contributed by atoms with Crippen LogP contribution in [0.4, 0.5) is 0 Å². The van der Waals surface area contributed by atoms with E-state index in [1.807, 2.05) is 19.1 Å². The van der Waals surface area contributed by atoms with Crippen molar-refractivity contribution in [2.24, 2.45) is 11.3 Å². The third kappa shape index (κ3) is 3.01. The van der Waals surface area contributed by atoms with Crippen LogP contribution in [0.25, 0.3) is 0 Å². The SMILES string of the molecule is CC(=O)C1C/C=C/C(C)(C(C)=O)CCC1. The largest absolute Gasteiger partial charge is 0.300 e. The highest BCUT2D eigenvalue weighted by Gasteiger charge is 2.28. The lowest BCUT2D eigenvalue weighted by Gasteiger charge is -2.26. The Morgan fingerprint density at radius 1 is 1.33 bits per heavy atom. The van der Waals surface area contributed by atoms with Crippen molar-refractivity contribution in [3.63, 3.8) is 0 Å².